The average molecular weight is 246 g/mol. The van der Waals surface area contributed by atoms with Crippen molar-refractivity contribution in [1.29, 1.82) is 0 Å². The van der Waals surface area contributed by atoms with Crippen molar-refractivity contribution < 1.29 is 4.79 Å². The first-order chi connectivity index (χ1) is 8.56. The second-order valence-electron chi connectivity index (χ2n) is 4.78. The molecular weight excluding hydrogens is 224 g/mol. The van der Waals surface area contributed by atoms with Gasteiger partial charge in [0.2, 0.25) is 5.91 Å². The van der Waals surface area contributed by atoms with Crippen molar-refractivity contribution >= 4 is 5.91 Å². The van der Waals surface area contributed by atoms with Gasteiger partial charge in [0.25, 0.3) is 0 Å². The molecule has 0 radical (unpaired) electrons. The Balaban J connectivity index is 2.86. The molecule has 1 rings (SSSR count). The maximum Gasteiger partial charge on any atom is 0.234 e. The van der Waals surface area contributed by atoms with Crippen molar-refractivity contribution in [3.63, 3.8) is 0 Å². The third kappa shape index (κ3) is 4.00. The highest BCUT2D eigenvalue weighted by Crippen LogP contribution is 2.19. The predicted molar refractivity (Wildman–Crippen MR) is 75.0 cm³/mol. The summed E-state index contributed by atoms with van der Waals surface area (Å²) in [4.78, 5) is 11.4. The summed E-state index contributed by atoms with van der Waals surface area (Å²) in [6, 6.07) is 9.78. The number of amides is 1. The van der Waals surface area contributed by atoms with E-state index in [-0.39, 0.29) is 23.9 Å². The fourth-order valence-electron chi connectivity index (χ4n) is 1.97. The van der Waals surface area contributed by atoms with Crippen LogP contribution in [0.5, 0.6) is 0 Å². The lowest BCUT2D eigenvalue weighted by molar-refractivity contribution is -0.121. The zero-order valence-electron chi connectivity index (χ0n) is 11.1. The van der Waals surface area contributed by atoms with Crippen LogP contribution in [0.3, 0.4) is 0 Å². The number of nitrogens with two attached hydrogens (primary N) is 1. The van der Waals surface area contributed by atoms with Gasteiger partial charge in [-0.3, -0.25) is 10.1 Å². The largest absolute Gasteiger partial charge is 0.368 e. The first kappa shape index (κ1) is 14.5. The molecule has 0 aromatic heterocycles. The predicted octanol–water partition coefficient (Wildman–Crippen LogP) is 2.40. The number of nitrogens with one attached hydrogen (secondary N) is 1. The van der Waals surface area contributed by atoms with E-state index in [4.69, 9.17) is 5.73 Å². The molecule has 0 fully saturated rings. The molecule has 0 aliphatic carbocycles. The molecule has 1 aromatic rings. The highest BCUT2D eigenvalue weighted by molar-refractivity contribution is 5.80. The van der Waals surface area contributed by atoms with E-state index < -0.39 is 0 Å². The Kier molecular flexibility index (Phi) is 5.59. The minimum atomic E-state index is -0.324. The molecule has 3 N–H and O–H groups in total. The van der Waals surface area contributed by atoms with Gasteiger partial charge in [0, 0.05) is 6.04 Å². The van der Waals surface area contributed by atoms with Gasteiger partial charge in [-0.1, -0.05) is 50.3 Å². The van der Waals surface area contributed by atoms with E-state index in [0.717, 1.165) is 12.0 Å². The number of rotatable bonds is 7. The lowest BCUT2D eigenvalue weighted by atomic mass is 9.98. The molecular formula is C15H22N2O. The van der Waals surface area contributed by atoms with Gasteiger partial charge in [0.15, 0.2) is 0 Å². The standard InChI is InChI=1S/C15H22N2O/c1-4-8-13(12-9-6-5-7-10-12)17-14(11(2)3)15(16)18/h4-7,9-11,13-14,17H,1,8H2,2-3H3,(H2,16,18). The quantitative estimate of drug-likeness (QED) is 0.726. The smallest absolute Gasteiger partial charge is 0.234 e. The van der Waals surface area contributed by atoms with E-state index >= 15 is 0 Å². The Morgan fingerprint density at radius 2 is 2.00 bits per heavy atom. The van der Waals surface area contributed by atoms with Crippen molar-refractivity contribution in [2.75, 3.05) is 0 Å². The summed E-state index contributed by atoms with van der Waals surface area (Å²) in [5.74, 6) is -0.145. The third-order valence-corrected chi connectivity index (χ3v) is 2.96. The van der Waals surface area contributed by atoms with Crippen molar-refractivity contribution in [2.45, 2.75) is 32.4 Å². The van der Waals surface area contributed by atoms with Crippen molar-refractivity contribution in [3.8, 4) is 0 Å². The summed E-state index contributed by atoms with van der Waals surface area (Å²) in [5.41, 5.74) is 6.58. The summed E-state index contributed by atoms with van der Waals surface area (Å²) in [5, 5.41) is 3.32. The molecule has 0 aliphatic heterocycles. The monoisotopic (exact) mass is 246 g/mol. The van der Waals surface area contributed by atoms with Crippen LogP contribution < -0.4 is 11.1 Å². The molecule has 1 aromatic carbocycles. The highest BCUT2D eigenvalue weighted by Gasteiger charge is 2.23. The van der Waals surface area contributed by atoms with E-state index in [1.807, 2.05) is 50.3 Å². The van der Waals surface area contributed by atoms with E-state index in [9.17, 15) is 4.79 Å². The maximum absolute atomic E-state index is 11.4. The molecule has 0 saturated heterocycles. The molecule has 2 atom stereocenters. The molecule has 98 valence electrons. The lowest BCUT2D eigenvalue weighted by Gasteiger charge is -2.26. The number of primary amides is 1. The van der Waals surface area contributed by atoms with Gasteiger partial charge in [0.1, 0.15) is 0 Å². The van der Waals surface area contributed by atoms with Crippen LogP contribution in [0.4, 0.5) is 0 Å². The lowest BCUT2D eigenvalue weighted by Crippen LogP contribution is -2.46. The molecule has 3 nitrogen and oxygen atoms in total. The molecule has 0 aliphatic rings. The van der Waals surface area contributed by atoms with Gasteiger partial charge in [0.05, 0.1) is 6.04 Å². The number of carbonyl (C=O) groups is 1. The van der Waals surface area contributed by atoms with Gasteiger partial charge in [-0.15, -0.1) is 6.58 Å². The van der Waals surface area contributed by atoms with Crippen molar-refractivity contribution in [3.05, 3.63) is 48.6 Å². The number of hydrogen-bond acceptors (Lipinski definition) is 2. The highest BCUT2D eigenvalue weighted by atomic mass is 16.1. The van der Waals surface area contributed by atoms with Gasteiger partial charge in [-0.05, 0) is 17.9 Å². The molecule has 0 heterocycles. The first-order valence-corrected chi connectivity index (χ1v) is 6.27. The molecule has 0 saturated carbocycles. The van der Waals surface area contributed by atoms with Crippen LogP contribution in [-0.4, -0.2) is 11.9 Å². The van der Waals surface area contributed by atoms with Crippen LogP contribution in [0.1, 0.15) is 31.9 Å². The van der Waals surface area contributed by atoms with Gasteiger partial charge >= 0.3 is 0 Å². The third-order valence-electron chi connectivity index (χ3n) is 2.96. The summed E-state index contributed by atoms with van der Waals surface area (Å²) >= 11 is 0. The zero-order valence-corrected chi connectivity index (χ0v) is 11.1. The Morgan fingerprint density at radius 3 is 2.44 bits per heavy atom. The molecule has 0 spiro atoms. The molecule has 1 amide bonds. The van der Waals surface area contributed by atoms with Crippen LogP contribution in [0, 0.1) is 5.92 Å². The Morgan fingerprint density at radius 1 is 1.39 bits per heavy atom. The van der Waals surface area contributed by atoms with Crippen LogP contribution >= 0.6 is 0 Å². The first-order valence-electron chi connectivity index (χ1n) is 6.27. The molecule has 3 heteroatoms. The second-order valence-corrected chi connectivity index (χ2v) is 4.78. The minimum absolute atomic E-state index is 0.0728. The van der Waals surface area contributed by atoms with Crippen molar-refractivity contribution in [2.24, 2.45) is 11.7 Å². The van der Waals surface area contributed by atoms with Gasteiger partial charge < -0.3 is 5.73 Å². The molecule has 0 bridgehead atoms. The topological polar surface area (TPSA) is 55.1 Å². The zero-order chi connectivity index (χ0) is 13.5. The summed E-state index contributed by atoms with van der Waals surface area (Å²) in [7, 11) is 0. The number of benzene rings is 1. The number of carbonyl (C=O) groups excluding carboxylic acids is 1. The normalized spacial score (nSPS) is 14.2. The van der Waals surface area contributed by atoms with Crippen molar-refractivity contribution in [1.82, 2.24) is 5.32 Å². The van der Waals surface area contributed by atoms with E-state index in [2.05, 4.69) is 11.9 Å². The minimum Gasteiger partial charge on any atom is -0.368 e. The Hall–Kier alpha value is -1.61. The van der Waals surface area contributed by atoms with Crippen LogP contribution in [0.25, 0.3) is 0 Å². The molecule has 2 unspecified atom stereocenters. The van der Waals surface area contributed by atoms with Crippen LogP contribution in [0.15, 0.2) is 43.0 Å². The van der Waals surface area contributed by atoms with Crippen LogP contribution in [0.2, 0.25) is 0 Å². The Bertz CT molecular complexity index is 387. The fourth-order valence-corrected chi connectivity index (χ4v) is 1.97. The van der Waals surface area contributed by atoms with E-state index in [0.29, 0.717) is 0 Å². The number of hydrogen-bond donors (Lipinski definition) is 2. The maximum atomic E-state index is 11.4. The van der Waals surface area contributed by atoms with Gasteiger partial charge in [-0.2, -0.15) is 0 Å². The van der Waals surface area contributed by atoms with E-state index in [1.165, 1.54) is 0 Å². The summed E-state index contributed by atoms with van der Waals surface area (Å²) in [6.07, 6.45) is 2.61. The SMILES string of the molecule is C=CCC(NC(C(N)=O)C(C)C)c1ccccc1. The Labute approximate surface area is 109 Å². The fraction of sp³-hybridized carbons (Fsp3) is 0.400. The summed E-state index contributed by atoms with van der Waals surface area (Å²) < 4.78 is 0. The molecule has 18 heavy (non-hydrogen) atoms. The van der Waals surface area contributed by atoms with Gasteiger partial charge in [-0.25, -0.2) is 0 Å². The average Bonchev–Trinajstić information content (AvgIpc) is 2.34. The van der Waals surface area contributed by atoms with Crippen LogP contribution in [-0.2, 0) is 4.79 Å². The summed E-state index contributed by atoms with van der Waals surface area (Å²) in [6.45, 7) is 7.74. The second kappa shape index (κ2) is 6.97. The van der Waals surface area contributed by atoms with E-state index in [1.54, 1.807) is 0 Å².